The molecule has 56 valence electrons. The first-order chi connectivity index (χ1) is 5.29. The minimum atomic E-state index is 0.356. The summed E-state index contributed by atoms with van der Waals surface area (Å²) in [4.78, 5) is 0.710. The Morgan fingerprint density at radius 3 is 2.73 bits per heavy atom. The lowest BCUT2D eigenvalue weighted by atomic mass is 10.3. The number of fused-ring (bicyclic) bond motifs is 1. The van der Waals surface area contributed by atoms with Crippen LogP contribution in [0.1, 0.15) is 0 Å². The molecule has 2 rings (SSSR count). The first-order valence-electron chi connectivity index (χ1n) is 3.15. The Bertz CT molecular complexity index is 394. The van der Waals surface area contributed by atoms with Crippen LogP contribution in [0, 0.1) is 0 Å². The summed E-state index contributed by atoms with van der Waals surface area (Å²) in [6.45, 7) is 0. The van der Waals surface area contributed by atoms with Gasteiger partial charge in [-0.05, 0) is 23.7 Å². The Hall–Kier alpha value is -0.600. The van der Waals surface area contributed by atoms with Gasteiger partial charge < -0.3 is 4.42 Å². The van der Waals surface area contributed by atoms with Crippen molar-refractivity contribution < 1.29 is 4.42 Å². The van der Waals surface area contributed by atoms with E-state index in [0.29, 0.717) is 10.1 Å². The lowest BCUT2D eigenvalue weighted by Crippen LogP contribution is -1.61. The molecule has 0 amide bonds. The Labute approximate surface area is 74.4 Å². The summed E-state index contributed by atoms with van der Waals surface area (Å²) < 4.78 is 5.19. The van der Waals surface area contributed by atoms with Gasteiger partial charge in [0.2, 0.25) is 5.22 Å². The molecule has 0 atom stereocenters. The summed E-state index contributed by atoms with van der Waals surface area (Å²) in [6.07, 6.45) is 0. The zero-order valence-corrected chi connectivity index (χ0v) is 7.19. The molecule has 0 saturated carbocycles. The Kier molecular flexibility index (Phi) is 1.59. The van der Waals surface area contributed by atoms with Crippen LogP contribution in [-0.4, -0.2) is 0 Å². The van der Waals surface area contributed by atoms with Crippen molar-refractivity contribution in [1.29, 1.82) is 0 Å². The van der Waals surface area contributed by atoms with Gasteiger partial charge in [-0.15, -0.1) is 12.6 Å². The molecular formula is C8H5ClOS. The second kappa shape index (κ2) is 2.47. The molecule has 11 heavy (non-hydrogen) atoms. The van der Waals surface area contributed by atoms with Crippen molar-refractivity contribution in [2.24, 2.45) is 0 Å². The normalized spacial score (nSPS) is 10.7. The molecule has 0 aliphatic carbocycles. The molecule has 0 bridgehead atoms. The van der Waals surface area contributed by atoms with Gasteiger partial charge in [0.1, 0.15) is 5.58 Å². The van der Waals surface area contributed by atoms with Crippen LogP contribution in [0.5, 0.6) is 0 Å². The molecule has 0 radical (unpaired) electrons. The highest BCUT2D eigenvalue weighted by atomic mass is 35.5. The number of thiol groups is 1. The second-order valence-corrected chi connectivity index (χ2v) is 3.01. The molecule has 1 heterocycles. The summed E-state index contributed by atoms with van der Waals surface area (Å²) in [7, 11) is 0. The summed E-state index contributed by atoms with van der Waals surface area (Å²) in [6, 6.07) is 7.61. The zero-order chi connectivity index (χ0) is 7.84. The fraction of sp³-hybridized carbons (Fsp3) is 0. The van der Waals surface area contributed by atoms with Gasteiger partial charge in [-0.2, -0.15) is 0 Å². The quantitative estimate of drug-likeness (QED) is 0.620. The highest BCUT2D eigenvalue weighted by Gasteiger charge is 2.06. The molecular weight excluding hydrogens is 180 g/mol. The minimum Gasteiger partial charge on any atom is -0.443 e. The first kappa shape index (κ1) is 7.07. The van der Waals surface area contributed by atoms with Crippen molar-refractivity contribution in [3.05, 3.63) is 29.5 Å². The van der Waals surface area contributed by atoms with Gasteiger partial charge in [0.15, 0.2) is 0 Å². The zero-order valence-electron chi connectivity index (χ0n) is 5.54. The lowest BCUT2D eigenvalue weighted by Gasteiger charge is -1.84. The fourth-order valence-electron chi connectivity index (χ4n) is 1.00. The maximum atomic E-state index is 5.71. The SMILES string of the molecule is Sc1c(Cl)oc2ccccc12. The van der Waals surface area contributed by atoms with Gasteiger partial charge in [0.05, 0.1) is 4.90 Å². The van der Waals surface area contributed by atoms with Gasteiger partial charge >= 0.3 is 0 Å². The molecule has 0 N–H and O–H groups in total. The molecule has 3 heteroatoms. The molecule has 2 aromatic rings. The Balaban J connectivity index is 2.92. The van der Waals surface area contributed by atoms with E-state index in [4.69, 9.17) is 16.0 Å². The van der Waals surface area contributed by atoms with Crippen molar-refractivity contribution in [1.82, 2.24) is 0 Å². The molecule has 1 nitrogen and oxygen atoms in total. The molecule has 1 aromatic heterocycles. The van der Waals surface area contributed by atoms with E-state index < -0.39 is 0 Å². The summed E-state index contributed by atoms with van der Waals surface area (Å²) in [5.74, 6) is 0. The van der Waals surface area contributed by atoms with Crippen molar-refractivity contribution in [3.8, 4) is 0 Å². The average molecular weight is 185 g/mol. The van der Waals surface area contributed by atoms with Crippen molar-refractivity contribution in [2.45, 2.75) is 4.90 Å². The standard InChI is InChI=1S/C8H5ClOS/c9-8-7(11)5-3-1-2-4-6(5)10-8/h1-4,11H. The second-order valence-electron chi connectivity index (χ2n) is 2.22. The maximum absolute atomic E-state index is 5.71. The predicted octanol–water partition coefficient (Wildman–Crippen LogP) is 3.37. The molecule has 0 aliphatic rings. The van der Waals surface area contributed by atoms with Crippen LogP contribution < -0.4 is 0 Å². The van der Waals surface area contributed by atoms with Gasteiger partial charge in [0.25, 0.3) is 0 Å². The number of hydrogen-bond acceptors (Lipinski definition) is 2. The maximum Gasteiger partial charge on any atom is 0.207 e. The van der Waals surface area contributed by atoms with Crippen LogP contribution >= 0.6 is 24.2 Å². The minimum absolute atomic E-state index is 0.356. The van der Waals surface area contributed by atoms with Gasteiger partial charge in [-0.3, -0.25) is 0 Å². The molecule has 0 aliphatic heterocycles. The third-order valence-corrected chi connectivity index (χ3v) is 2.37. The van der Waals surface area contributed by atoms with E-state index in [1.165, 1.54) is 0 Å². The van der Waals surface area contributed by atoms with E-state index in [0.717, 1.165) is 11.0 Å². The third-order valence-electron chi connectivity index (χ3n) is 1.53. The number of benzene rings is 1. The van der Waals surface area contributed by atoms with E-state index in [2.05, 4.69) is 12.6 Å². The van der Waals surface area contributed by atoms with Crippen molar-refractivity contribution in [3.63, 3.8) is 0 Å². The van der Waals surface area contributed by atoms with E-state index in [1.54, 1.807) is 0 Å². The highest BCUT2D eigenvalue weighted by molar-refractivity contribution is 7.80. The van der Waals surface area contributed by atoms with Crippen molar-refractivity contribution >= 4 is 35.2 Å². The number of halogens is 1. The number of furan rings is 1. The van der Waals surface area contributed by atoms with Crippen LogP contribution in [-0.2, 0) is 0 Å². The summed E-state index contributed by atoms with van der Waals surface area (Å²) in [5, 5.41) is 1.32. The van der Waals surface area contributed by atoms with Crippen LogP contribution in [0.2, 0.25) is 5.22 Å². The molecule has 0 unspecified atom stereocenters. The number of hydrogen-bond donors (Lipinski definition) is 1. The Morgan fingerprint density at radius 1 is 1.27 bits per heavy atom. The van der Waals surface area contributed by atoms with E-state index >= 15 is 0 Å². The third kappa shape index (κ3) is 1.03. The molecule has 1 aromatic carbocycles. The van der Waals surface area contributed by atoms with E-state index in [9.17, 15) is 0 Å². The number of rotatable bonds is 0. The first-order valence-corrected chi connectivity index (χ1v) is 3.97. The van der Waals surface area contributed by atoms with Crippen LogP contribution in [0.4, 0.5) is 0 Å². The Morgan fingerprint density at radius 2 is 2.00 bits per heavy atom. The van der Waals surface area contributed by atoms with Gasteiger partial charge in [-0.1, -0.05) is 12.1 Å². The fourth-order valence-corrected chi connectivity index (χ4v) is 1.42. The van der Waals surface area contributed by atoms with Gasteiger partial charge in [-0.25, -0.2) is 0 Å². The topological polar surface area (TPSA) is 13.1 Å². The summed E-state index contributed by atoms with van der Waals surface area (Å²) >= 11 is 9.90. The lowest BCUT2D eigenvalue weighted by molar-refractivity contribution is 0.610. The number of para-hydroxylation sites is 1. The predicted molar refractivity (Wildman–Crippen MR) is 48.5 cm³/mol. The monoisotopic (exact) mass is 184 g/mol. The average Bonchev–Trinajstić information content (AvgIpc) is 2.30. The molecule has 0 fully saturated rings. The summed E-state index contributed by atoms with van der Waals surface area (Å²) in [5.41, 5.74) is 0.780. The molecule has 0 spiro atoms. The van der Waals surface area contributed by atoms with E-state index in [-0.39, 0.29) is 0 Å². The smallest absolute Gasteiger partial charge is 0.207 e. The molecule has 0 saturated heterocycles. The van der Waals surface area contributed by atoms with Gasteiger partial charge in [0, 0.05) is 5.39 Å². The van der Waals surface area contributed by atoms with Crippen molar-refractivity contribution in [2.75, 3.05) is 0 Å². The van der Waals surface area contributed by atoms with Crippen LogP contribution in [0.15, 0.2) is 33.6 Å². The van der Waals surface area contributed by atoms with Crippen LogP contribution in [0.3, 0.4) is 0 Å². The van der Waals surface area contributed by atoms with Crippen LogP contribution in [0.25, 0.3) is 11.0 Å². The largest absolute Gasteiger partial charge is 0.443 e. The van der Waals surface area contributed by atoms with E-state index in [1.807, 2.05) is 24.3 Å². The highest BCUT2D eigenvalue weighted by Crippen LogP contribution is 2.31.